The Hall–Kier alpha value is -2.08. The summed E-state index contributed by atoms with van der Waals surface area (Å²) < 4.78 is 10.2. The third-order valence-corrected chi connectivity index (χ3v) is 4.91. The molecular formula is C21H32N2O4. The minimum atomic E-state index is -0.397. The van der Waals surface area contributed by atoms with Gasteiger partial charge in [0.15, 0.2) is 6.61 Å². The first-order chi connectivity index (χ1) is 13.0. The highest BCUT2D eigenvalue weighted by Gasteiger charge is 2.15. The van der Waals surface area contributed by atoms with Crippen molar-refractivity contribution in [3.05, 3.63) is 28.8 Å². The number of rotatable bonds is 9. The van der Waals surface area contributed by atoms with Gasteiger partial charge in [-0.2, -0.15) is 0 Å². The monoisotopic (exact) mass is 376 g/mol. The molecule has 1 aliphatic rings. The maximum atomic E-state index is 12.0. The second-order valence-corrected chi connectivity index (χ2v) is 7.25. The van der Waals surface area contributed by atoms with Gasteiger partial charge < -0.3 is 20.1 Å². The zero-order valence-electron chi connectivity index (χ0n) is 16.7. The highest BCUT2D eigenvalue weighted by molar-refractivity contribution is 5.76. The predicted octanol–water partition coefficient (Wildman–Crippen LogP) is 2.78. The van der Waals surface area contributed by atoms with Crippen LogP contribution >= 0.6 is 0 Å². The molecule has 0 radical (unpaired) electrons. The molecule has 0 aliphatic heterocycles. The quantitative estimate of drug-likeness (QED) is 0.512. The van der Waals surface area contributed by atoms with Crippen molar-refractivity contribution in [3.8, 4) is 5.75 Å². The lowest BCUT2D eigenvalue weighted by atomic mass is 9.95. The molecule has 1 aliphatic carbocycles. The first-order valence-electron chi connectivity index (χ1n) is 9.79. The van der Waals surface area contributed by atoms with E-state index in [-0.39, 0.29) is 12.5 Å². The molecule has 1 aromatic carbocycles. The molecule has 1 fully saturated rings. The van der Waals surface area contributed by atoms with Crippen LogP contribution in [0.4, 0.5) is 0 Å². The van der Waals surface area contributed by atoms with Crippen LogP contribution in [0.5, 0.6) is 5.75 Å². The van der Waals surface area contributed by atoms with Crippen molar-refractivity contribution in [1.82, 2.24) is 10.6 Å². The fraction of sp³-hybridized carbons (Fsp3) is 0.619. The van der Waals surface area contributed by atoms with Gasteiger partial charge in [-0.1, -0.05) is 31.4 Å². The second kappa shape index (κ2) is 10.9. The maximum Gasteiger partial charge on any atom is 0.343 e. The molecule has 0 atom stereocenters. The summed E-state index contributed by atoms with van der Waals surface area (Å²) in [5, 5.41) is 6.47. The third kappa shape index (κ3) is 7.21. The molecule has 0 heterocycles. The number of carbonyl (C=O) groups excluding carboxylic acids is 2. The molecule has 0 spiro atoms. The number of benzene rings is 1. The highest BCUT2D eigenvalue weighted by atomic mass is 16.6. The molecule has 2 N–H and O–H groups in total. The summed E-state index contributed by atoms with van der Waals surface area (Å²) in [6, 6.07) is 4.44. The number of esters is 1. The van der Waals surface area contributed by atoms with E-state index in [1.54, 1.807) is 0 Å². The zero-order chi connectivity index (χ0) is 19.6. The van der Waals surface area contributed by atoms with E-state index in [2.05, 4.69) is 15.4 Å². The van der Waals surface area contributed by atoms with E-state index in [0.29, 0.717) is 25.6 Å². The average Bonchev–Trinajstić information content (AvgIpc) is 2.65. The van der Waals surface area contributed by atoms with Gasteiger partial charge in [0.05, 0.1) is 7.11 Å². The number of nitrogens with one attached hydrogen (secondary N) is 2. The van der Waals surface area contributed by atoms with E-state index in [1.807, 2.05) is 26.0 Å². The van der Waals surface area contributed by atoms with E-state index in [9.17, 15) is 9.59 Å². The van der Waals surface area contributed by atoms with Gasteiger partial charge in [-0.05, 0) is 43.4 Å². The molecule has 0 bridgehead atoms. The van der Waals surface area contributed by atoms with Gasteiger partial charge in [-0.3, -0.25) is 4.79 Å². The lowest BCUT2D eigenvalue weighted by Gasteiger charge is -2.22. The van der Waals surface area contributed by atoms with Crippen LogP contribution in [-0.2, 0) is 20.9 Å². The fourth-order valence-electron chi connectivity index (χ4n) is 3.54. The molecular weight excluding hydrogens is 344 g/mol. The molecule has 6 nitrogen and oxygen atoms in total. The summed E-state index contributed by atoms with van der Waals surface area (Å²) >= 11 is 0. The third-order valence-electron chi connectivity index (χ3n) is 4.91. The molecule has 1 amide bonds. The van der Waals surface area contributed by atoms with Crippen LogP contribution in [0.25, 0.3) is 0 Å². The Labute approximate surface area is 162 Å². The number of hydrogen-bond donors (Lipinski definition) is 2. The molecule has 27 heavy (non-hydrogen) atoms. The standard InChI is InChI=1S/C21H32N2O4/c1-15-11-17(12-16(2)21(15)27-14-20(25)26-3)13-22-10-9-19(24)23-18-7-5-4-6-8-18/h11-12,18,22H,4-10,13-14H2,1-3H3,(H,23,24). The van der Waals surface area contributed by atoms with Crippen molar-refractivity contribution < 1.29 is 19.1 Å². The van der Waals surface area contributed by atoms with E-state index in [0.717, 1.165) is 35.3 Å². The van der Waals surface area contributed by atoms with Gasteiger partial charge in [-0.15, -0.1) is 0 Å². The lowest BCUT2D eigenvalue weighted by molar-refractivity contribution is -0.142. The molecule has 0 saturated heterocycles. The van der Waals surface area contributed by atoms with Crippen LogP contribution in [0.2, 0.25) is 0 Å². The van der Waals surface area contributed by atoms with Crippen molar-refractivity contribution >= 4 is 11.9 Å². The van der Waals surface area contributed by atoms with Crippen molar-refractivity contribution in [1.29, 1.82) is 0 Å². The number of aryl methyl sites for hydroxylation is 2. The van der Waals surface area contributed by atoms with Crippen LogP contribution in [0.15, 0.2) is 12.1 Å². The minimum Gasteiger partial charge on any atom is -0.481 e. The summed E-state index contributed by atoms with van der Waals surface area (Å²) in [7, 11) is 1.34. The average molecular weight is 376 g/mol. The molecule has 2 rings (SSSR count). The summed E-state index contributed by atoms with van der Waals surface area (Å²) in [4.78, 5) is 23.3. The SMILES string of the molecule is COC(=O)COc1c(C)cc(CNCCC(=O)NC2CCCCC2)cc1C. The number of methoxy groups -OCH3 is 1. The number of hydrogen-bond acceptors (Lipinski definition) is 5. The number of ether oxygens (including phenoxy) is 2. The Morgan fingerprint density at radius 3 is 2.41 bits per heavy atom. The van der Waals surface area contributed by atoms with E-state index < -0.39 is 5.97 Å². The largest absolute Gasteiger partial charge is 0.481 e. The maximum absolute atomic E-state index is 12.0. The van der Waals surface area contributed by atoms with Gasteiger partial charge in [0.25, 0.3) is 0 Å². The molecule has 150 valence electrons. The summed E-state index contributed by atoms with van der Waals surface area (Å²) in [6.07, 6.45) is 6.46. The van der Waals surface area contributed by atoms with Gasteiger partial charge in [0.2, 0.25) is 5.91 Å². The Bertz CT molecular complexity index is 616. The lowest BCUT2D eigenvalue weighted by Crippen LogP contribution is -2.37. The van der Waals surface area contributed by atoms with Gasteiger partial charge >= 0.3 is 5.97 Å². The first-order valence-corrected chi connectivity index (χ1v) is 9.79. The summed E-state index contributed by atoms with van der Waals surface area (Å²) in [5.41, 5.74) is 3.08. The van der Waals surface area contributed by atoms with Crippen molar-refractivity contribution in [2.45, 2.75) is 65.0 Å². The molecule has 0 aromatic heterocycles. The summed E-state index contributed by atoms with van der Waals surface area (Å²) in [6.45, 7) is 5.17. The van der Waals surface area contributed by atoms with Gasteiger partial charge in [0.1, 0.15) is 5.75 Å². The van der Waals surface area contributed by atoms with Crippen LogP contribution in [-0.4, -0.2) is 38.2 Å². The van der Waals surface area contributed by atoms with Crippen molar-refractivity contribution in [3.63, 3.8) is 0 Å². The van der Waals surface area contributed by atoms with E-state index in [1.165, 1.54) is 26.4 Å². The topological polar surface area (TPSA) is 76.7 Å². The van der Waals surface area contributed by atoms with Crippen molar-refractivity contribution in [2.75, 3.05) is 20.3 Å². The Kier molecular flexibility index (Phi) is 8.58. The van der Waals surface area contributed by atoms with Crippen molar-refractivity contribution in [2.24, 2.45) is 0 Å². The normalized spacial score (nSPS) is 14.6. The Morgan fingerprint density at radius 2 is 1.78 bits per heavy atom. The highest BCUT2D eigenvalue weighted by Crippen LogP contribution is 2.25. The van der Waals surface area contributed by atoms with Crippen LogP contribution in [0.3, 0.4) is 0 Å². The van der Waals surface area contributed by atoms with E-state index >= 15 is 0 Å². The smallest absolute Gasteiger partial charge is 0.343 e. The van der Waals surface area contributed by atoms with Crippen LogP contribution in [0, 0.1) is 13.8 Å². The molecule has 0 unspecified atom stereocenters. The minimum absolute atomic E-state index is 0.0914. The van der Waals surface area contributed by atoms with Crippen LogP contribution in [0.1, 0.15) is 55.2 Å². The fourth-order valence-corrected chi connectivity index (χ4v) is 3.54. The van der Waals surface area contributed by atoms with Gasteiger partial charge in [0, 0.05) is 25.6 Å². The van der Waals surface area contributed by atoms with Gasteiger partial charge in [-0.25, -0.2) is 4.79 Å². The number of amides is 1. The summed E-state index contributed by atoms with van der Waals surface area (Å²) in [5.74, 6) is 0.454. The Balaban J connectivity index is 1.73. The van der Waals surface area contributed by atoms with Crippen LogP contribution < -0.4 is 15.4 Å². The zero-order valence-corrected chi connectivity index (χ0v) is 16.7. The molecule has 1 aromatic rings. The first kappa shape index (κ1) is 21.2. The second-order valence-electron chi connectivity index (χ2n) is 7.25. The van der Waals surface area contributed by atoms with E-state index in [4.69, 9.17) is 4.74 Å². The molecule has 6 heteroatoms. The Morgan fingerprint density at radius 1 is 1.11 bits per heavy atom. The predicted molar refractivity (Wildman–Crippen MR) is 105 cm³/mol. The number of carbonyl (C=O) groups is 2. The molecule has 1 saturated carbocycles.